The van der Waals surface area contributed by atoms with Crippen LogP contribution in [0.3, 0.4) is 0 Å². The van der Waals surface area contributed by atoms with E-state index in [1.165, 1.54) is 0 Å². The first kappa shape index (κ1) is 18.5. The van der Waals surface area contributed by atoms with Gasteiger partial charge in [0.1, 0.15) is 0 Å². The second-order valence-corrected chi connectivity index (χ2v) is 6.13. The molecule has 0 fully saturated rings. The van der Waals surface area contributed by atoms with Gasteiger partial charge in [0.25, 0.3) is 5.91 Å². The van der Waals surface area contributed by atoms with E-state index >= 15 is 0 Å². The fourth-order valence-electron chi connectivity index (χ4n) is 2.48. The number of anilines is 2. The molecule has 0 heterocycles. The maximum Gasteiger partial charge on any atom is 0.337 e. The molecule has 0 saturated heterocycles. The standard InChI is InChI=1S/C20H24N2O3/c1-4-5-12-22(3)16-10-11-18(17(13-16)20(24)25)21-19(23)15-8-6-14(2)7-9-15/h6-11,13H,4-5,12H2,1-3H3,(H,21,23)(H,24,25). The SMILES string of the molecule is CCCCN(C)c1ccc(NC(=O)c2ccc(C)cc2)c(C(=O)O)c1. The van der Waals surface area contributed by atoms with Gasteiger partial charge in [-0.2, -0.15) is 0 Å². The molecule has 0 aliphatic rings. The van der Waals surface area contributed by atoms with Crippen LogP contribution in [0.15, 0.2) is 42.5 Å². The number of hydrogen-bond acceptors (Lipinski definition) is 3. The van der Waals surface area contributed by atoms with Crippen molar-refractivity contribution in [3.05, 3.63) is 59.2 Å². The first-order chi connectivity index (χ1) is 11.9. The number of unbranched alkanes of at least 4 members (excludes halogenated alkanes) is 1. The lowest BCUT2D eigenvalue weighted by Gasteiger charge is -2.20. The Morgan fingerprint density at radius 2 is 1.80 bits per heavy atom. The Balaban J connectivity index is 2.23. The molecular weight excluding hydrogens is 316 g/mol. The lowest BCUT2D eigenvalue weighted by Crippen LogP contribution is -2.20. The average Bonchev–Trinajstić information content (AvgIpc) is 2.60. The topological polar surface area (TPSA) is 69.6 Å². The van der Waals surface area contributed by atoms with Crippen molar-refractivity contribution in [1.82, 2.24) is 0 Å². The summed E-state index contributed by atoms with van der Waals surface area (Å²) in [4.78, 5) is 26.0. The van der Waals surface area contributed by atoms with E-state index in [0.717, 1.165) is 30.6 Å². The lowest BCUT2D eigenvalue weighted by atomic mass is 10.1. The molecule has 0 radical (unpaired) electrons. The van der Waals surface area contributed by atoms with Gasteiger partial charge in [0.2, 0.25) is 0 Å². The number of carboxylic acids is 1. The maximum atomic E-state index is 12.3. The van der Waals surface area contributed by atoms with Gasteiger partial charge in [-0.15, -0.1) is 0 Å². The number of hydrogen-bond donors (Lipinski definition) is 2. The Hall–Kier alpha value is -2.82. The number of benzene rings is 2. The van der Waals surface area contributed by atoms with Crippen LogP contribution < -0.4 is 10.2 Å². The number of carbonyl (C=O) groups excluding carboxylic acids is 1. The fraction of sp³-hybridized carbons (Fsp3) is 0.300. The largest absolute Gasteiger partial charge is 0.478 e. The van der Waals surface area contributed by atoms with Crippen LogP contribution >= 0.6 is 0 Å². The number of nitrogens with one attached hydrogen (secondary N) is 1. The van der Waals surface area contributed by atoms with Crippen molar-refractivity contribution >= 4 is 23.3 Å². The van der Waals surface area contributed by atoms with Gasteiger partial charge in [0.05, 0.1) is 11.3 Å². The van der Waals surface area contributed by atoms with Crippen LogP contribution in [-0.2, 0) is 0 Å². The Morgan fingerprint density at radius 3 is 2.40 bits per heavy atom. The van der Waals surface area contributed by atoms with Crippen molar-refractivity contribution < 1.29 is 14.7 Å². The lowest BCUT2D eigenvalue weighted by molar-refractivity contribution is 0.0698. The summed E-state index contributed by atoms with van der Waals surface area (Å²) in [5.74, 6) is -1.39. The number of nitrogens with zero attached hydrogens (tertiary/aromatic N) is 1. The highest BCUT2D eigenvalue weighted by molar-refractivity contribution is 6.08. The molecule has 0 bridgehead atoms. The van der Waals surface area contributed by atoms with E-state index in [4.69, 9.17) is 0 Å². The van der Waals surface area contributed by atoms with Gasteiger partial charge in [0, 0.05) is 24.8 Å². The van der Waals surface area contributed by atoms with E-state index in [0.29, 0.717) is 11.3 Å². The number of aromatic carboxylic acids is 1. The molecule has 132 valence electrons. The van der Waals surface area contributed by atoms with Gasteiger partial charge in [-0.25, -0.2) is 4.79 Å². The third-order valence-electron chi connectivity index (χ3n) is 4.08. The minimum Gasteiger partial charge on any atom is -0.478 e. The van der Waals surface area contributed by atoms with Gasteiger partial charge < -0.3 is 15.3 Å². The van der Waals surface area contributed by atoms with E-state index in [-0.39, 0.29) is 11.5 Å². The molecule has 0 aliphatic heterocycles. The maximum absolute atomic E-state index is 12.3. The number of amides is 1. The Bertz CT molecular complexity index is 754. The van der Waals surface area contributed by atoms with Crippen LogP contribution in [0.1, 0.15) is 46.0 Å². The van der Waals surface area contributed by atoms with E-state index in [1.54, 1.807) is 24.3 Å². The van der Waals surface area contributed by atoms with Gasteiger partial charge in [0.15, 0.2) is 0 Å². The Kier molecular flexibility index (Phi) is 6.17. The second kappa shape index (κ2) is 8.33. The number of aryl methyl sites for hydroxylation is 1. The van der Waals surface area contributed by atoms with Crippen LogP contribution in [0.2, 0.25) is 0 Å². The molecule has 1 amide bonds. The van der Waals surface area contributed by atoms with Crippen molar-refractivity contribution in [2.24, 2.45) is 0 Å². The molecule has 0 spiro atoms. The summed E-state index contributed by atoms with van der Waals surface area (Å²) in [5, 5.41) is 12.2. The van der Waals surface area contributed by atoms with Gasteiger partial charge in [-0.1, -0.05) is 31.0 Å². The smallest absolute Gasteiger partial charge is 0.337 e. The zero-order valence-electron chi connectivity index (χ0n) is 14.9. The van der Waals surface area contributed by atoms with E-state index in [2.05, 4.69) is 12.2 Å². The van der Waals surface area contributed by atoms with Crippen LogP contribution in [0.25, 0.3) is 0 Å². The number of rotatable bonds is 7. The van der Waals surface area contributed by atoms with Crippen LogP contribution in [0.5, 0.6) is 0 Å². The summed E-state index contributed by atoms with van der Waals surface area (Å²) in [7, 11) is 1.93. The van der Waals surface area contributed by atoms with Crippen molar-refractivity contribution in [2.75, 3.05) is 23.8 Å². The molecule has 2 N–H and O–H groups in total. The molecule has 25 heavy (non-hydrogen) atoms. The Morgan fingerprint density at radius 1 is 1.12 bits per heavy atom. The highest BCUT2D eigenvalue weighted by Gasteiger charge is 2.15. The highest BCUT2D eigenvalue weighted by Crippen LogP contribution is 2.24. The predicted octanol–water partition coefficient (Wildman–Crippen LogP) is 4.18. The molecule has 0 aromatic heterocycles. The minimum absolute atomic E-state index is 0.0845. The summed E-state index contributed by atoms with van der Waals surface area (Å²) in [5.41, 5.74) is 2.75. The molecule has 5 nitrogen and oxygen atoms in total. The minimum atomic E-state index is -1.06. The highest BCUT2D eigenvalue weighted by atomic mass is 16.4. The van der Waals surface area contributed by atoms with Crippen molar-refractivity contribution in [2.45, 2.75) is 26.7 Å². The normalized spacial score (nSPS) is 10.4. The molecule has 0 unspecified atom stereocenters. The van der Waals surface area contributed by atoms with Crippen molar-refractivity contribution in [1.29, 1.82) is 0 Å². The first-order valence-corrected chi connectivity index (χ1v) is 8.39. The molecule has 2 rings (SSSR count). The monoisotopic (exact) mass is 340 g/mol. The molecule has 0 aliphatic carbocycles. The molecule has 0 saturated carbocycles. The van der Waals surface area contributed by atoms with E-state index < -0.39 is 5.97 Å². The van der Waals surface area contributed by atoms with Gasteiger partial charge in [-0.3, -0.25) is 4.79 Å². The van der Waals surface area contributed by atoms with Gasteiger partial charge >= 0.3 is 5.97 Å². The summed E-state index contributed by atoms with van der Waals surface area (Å²) < 4.78 is 0. The molecule has 2 aromatic rings. The zero-order valence-corrected chi connectivity index (χ0v) is 14.9. The predicted molar refractivity (Wildman–Crippen MR) is 101 cm³/mol. The molecule has 5 heteroatoms. The number of carbonyl (C=O) groups is 2. The third-order valence-corrected chi connectivity index (χ3v) is 4.08. The molecular formula is C20H24N2O3. The molecule has 0 atom stereocenters. The van der Waals surface area contributed by atoms with Crippen molar-refractivity contribution in [3.8, 4) is 0 Å². The van der Waals surface area contributed by atoms with Crippen LogP contribution in [-0.4, -0.2) is 30.6 Å². The Labute approximate surface area is 148 Å². The summed E-state index contributed by atoms with van der Waals surface area (Å²) >= 11 is 0. The van der Waals surface area contributed by atoms with E-state index in [9.17, 15) is 14.7 Å². The van der Waals surface area contributed by atoms with Crippen molar-refractivity contribution in [3.63, 3.8) is 0 Å². The molecule has 2 aromatic carbocycles. The quantitative estimate of drug-likeness (QED) is 0.793. The van der Waals surface area contributed by atoms with Gasteiger partial charge in [-0.05, 0) is 43.7 Å². The fourth-order valence-corrected chi connectivity index (χ4v) is 2.48. The summed E-state index contributed by atoms with van der Waals surface area (Å²) in [6.45, 7) is 4.91. The summed E-state index contributed by atoms with van der Waals surface area (Å²) in [6, 6.07) is 12.2. The van der Waals surface area contributed by atoms with E-state index in [1.807, 2.05) is 37.1 Å². The average molecular weight is 340 g/mol. The second-order valence-electron chi connectivity index (χ2n) is 6.13. The first-order valence-electron chi connectivity index (χ1n) is 8.39. The number of carboxylic acid groups (broad SMARTS) is 1. The van der Waals surface area contributed by atoms with Crippen LogP contribution in [0, 0.1) is 6.92 Å². The van der Waals surface area contributed by atoms with Crippen LogP contribution in [0.4, 0.5) is 11.4 Å². The summed E-state index contributed by atoms with van der Waals surface area (Å²) in [6.07, 6.45) is 2.10. The third kappa shape index (κ3) is 4.83. The zero-order chi connectivity index (χ0) is 18.4.